The van der Waals surface area contributed by atoms with Crippen LogP contribution in [0.4, 0.5) is 5.69 Å². The summed E-state index contributed by atoms with van der Waals surface area (Å²) >= 11 is 8.69. The van der Waals surface area contributed by atoms with Gasteiger partial charge in [-0.15, -0.1) is 0 Å². The molecular weight excluding hydrogens is 296 g/mol. The van der Waals surface area contributed by atoms with Gasteiger partial charge in [-0.3, -0.25) is 0 Å². The second-order valence-electron chi connectivity index (χ2n) is 4.48. The molecule has 92 valence electrons. The molecule has 17 heavy (non-hydrogen) atoms. The fraction of sp³-hybridized carbons (Fsp3) is 0.462. The van der Waals surface area contributed by atoms with Crippen molar-refractivity contribution >= 4 is 38.8 Å². The molecule has 0 atom stereocenters. The molecule has 0 heterocycles. The van der Waals surface area contributed by atoms with Crippen molar-refractivity contribution in [3.63, 3.8) is 0 Å². The highest BCUT2D eigenvalue weighted by Gasteiger charge is 2.25. The standard InChI is InChI=1S/C13H17BrN2S/c1-2-16(8-9-6-7-9)11-5-3-4-10(14)12(11)13(15)17/h3-5,9H,2,6-8H2,1H3,(H2,15,17). The zero-order valence-corrected chi connectivity index (χ0v) is 12.4. The van der Waals surface area contributed by atoms with Gasteiger partial charge in [0.05, 0.1) is 0 Å². The monoisotopic (exact) mass is 312 g/mol. The van der Waals surface area contributed by atoms with Gasteiger partial charge >= 0.3 is 0 Å². The summed E-state index contributed by atoms with van der Waals surface area (Å²) in [5.41, 5.74) is 7.95. The van der Waals surface area contributed by atoms with Gasteiger partial charge < -0.3 is 10.6 Å². The Balaban J connectivity index is 2.33. The highest BCUT2D eigenvalue weighted by atomic mass is 79.9. The van der Waals surface area contributed by atoms with E-state index in [1.165, 1.54) is 12.8 Å². The molecule has 0 spiro atoms. The van der Waals surface area contributed by atoms with Crippen LogP contribution in [-0.2, 0) is 0 Å². The zero-order chi connectivity index (χ0) is 12.4. The van der Waals surface area contributed by atoms with E-state index < -0.39 is 0 Å². The average Bonchev–Trinajstić information content (AvgIpc) is 3.08. The third kappa shape index (κ3) is 2.99. The molecular formula is C13H17BrN2S. The Bertz CT molecular complexity index is 429. The predicted molar refractivity (Wildman–Crippen MR) is 80.6 cm³/mol. The number of halogens is 1. The number of rotatable bonds is 5. The number of benzene rings is 1. The van der Waals surface area contributed by atoms with Crippen LogP contribution in [0.1, 0.15) is 25.3 Å². The Kier molecular flexibility index (Phi) is 4.05. The normalized spacial score (nSPS) is 14.7. The lowest BCUT2D eigenvalue weighted by molar-refractivity contribution is 0.741. The number of nitrogens with zero attached hydrogens (tertiary/aromatic N) is 1. The lowest BCUT2D eigenvalue weighted by atomic mass is 10.1. The van der Waals surface area contributed by atoms with E-state index >= 15 is 0 Å². The molecule has 0 saturated heterocycles. The fourth-order valence-electron chi connectivity index (χ4n) is 2.03. The first-order chi connectivity index (χ1) is 8.13. The largest absolute Gasteiger partial charge is 0.389 e. The van der Waals surface area contributed by atoms with Crippen molar-refractivity contribution in [3.05, 3.63) is 28.2 Å². The smallest absolute Gasteiger partial charge is 0.107 e. The topological polar surface area (TPSA) is 29.3 Å². The Labute approximate surface area is 116 Å². The van der Waals surface area contributed by atoms with Crippen molar-refractivity contribution in [1.82, 2.24) is 0 Å². The van der Waals surface area contributed by atoms with E-state index in [1.807, 2.05) is 12.1 Å². The lowest BCUT2D eigenvalue weighted by Gasteiger charge is -2.26. The molecule has 0 amide bonds. The molecule has 0 radical (unpaired) electrons. The van der Waals surface area contributed by atoms with Crippen molar-refractivity contribution in [2.24, 2.45) is 11.7 Å². The van der Waals surface area contributed by atoms with E-state index in [4.69, 9.17) is 18.0 Å². The van der Waals surface area contributed by atoms with E-state index in [0.717, 1.165) is 34.7 Å². The molecule has 1 aliphatic rings. The van der Waals surface area contributed by atoms with Crippen LogP contribution in [0.3, 0.4) is 0 Å². The molecule has 0 aliphatic heterocycles. The summed E-state index contributed by atoms with van der Waals surface area (Å²) in [5.74, 6) is 0.855. The van der Waals surface area contributed by atoms with Gasteiger partial charge in [0.1, 0.15) is 4.99 Å². The van der Waals surface area contributed by atoms with Crippen LogP contribution in [-0.4, -0.2) is 18.1 Å². The maximum atomic E-state index is 5.83. The predicted octanol–water partition coefficient (Wildman–Crippen LogP) is 3.32. The summed E-state index contributed by atoms with van der Waals surface area (Å²) < 4.78 is 0.983. The number of nitrogens with two attached hydrogens (primary N) is 1. The van der Waals surface area contributed by atoms with Crippen molar-refractivity contribution in [2.45, 2.75) is 19.8 Å². The Morgan fingerprint density at radius 3 is 2.76 bits per heavy atom. The highest BCUT2D eigenvalue weighted by Crippen LogP contribution is 2.34. The maximum absolute atomic E-state index is 5.83. The Morgan fingerprint density at radius 2 is 2.24 bits per heavy atom. The van der Waals surface area contributed by atoms with E-state index in [2.05, 4.69) is 33.8 Å². The van der Waals surface area contributed by atoms with Crippen LogP contribution in [0.25, 0.3) is 0 Å². The van der Waals surface area contributed by atoms with E-state index in [-0.39, 0.29) is 0 Å². The third-order valence-corrected chi connectivity index (χ3v) is 4.00. The van der Waals surface area contributed by atoms with Crippen LogP contribution < -0.4 is 10.6 Å². The van der Waals surface area contributed by atoms with Crippen LogP contribution in [0.5, 0.6) is 0 Å². The van der Waals surface area contributed by atoms with Gasteiger partial charge in [0.15, 0.2) is 0 Å². The first kappa shape index (κ1) is 12.8. The maximum Gasteiger partial charge on any atom is 0.107 e. The summed E-state index contributed by atoms with van der Waals surface area (Å²) in [5, 5.41) is 0. The minimum Gasteiger partial charge on any atom is -0.389 e. The summed E-state index contributed by atoms with van der Waals surface area (Å²) in [4.78, 5) is 2.83. The molecule has 0 unspecified atom stereocenters. The SMILES string of the molecule is CCN(CC1CC1)c1cccc(Br)c1C(N)=S. The number of anilines is 1. The second kappa shape index (κ2) is 5.36. The van der Waals surface area contributed by atoms with Gasteiger partial charge in [0.2, 0.25) is 0 Å². The molecule has 2 nitrogen and oxygen atoms in total. The molecule has 1 aromatic carbocycles. The van der Waals surface area contributed by atoms with Crippen molar-refractivity contribution in [3.8, 4) is 0 Å². The van der Waals surface area contributed by atoms with Gasteiger partial charge in [-0.25, -0.2) is 0 Å². The molecule has 0 bridgehead atoms. The molecule has 2 N–H and O–H groups in total. The molecule has 2 rings (SSSR count). The Hall–Kier alpha value is -0.610. The number of hydrogen-bond acceptors (Lipinski definition) is 2. The summed E-state index contributed by atoms with van der Waals surface area (Å²) in [6, 6.07) is 6.13. The Morgan fingerprint density at radius 1 is 1.53 bits per heavy atom. The van der Waals surface area contributed by atoms with Crippen molar-refractivity contribution in [2.75, 3.05) is 18.0 Å². The van der Waals surface area contributed by atoms with Crippen molar-refractivity contribution < 1.29 is 0 Å². The van der Waals surface area contributed by atoms with E-state index in [9.17, 15) is 0 Å². The van der Waals surface area contributed by atoms with Crippen LogP contribution in [0.2, 0.25) is 0 Å². The van der Waals surface area contributed by atoms with Crippen LogP contribution in [0, 0.1) is 5.92 Å². The van der Waals surface area contributed by atoms with Gasteiger partial charge in [-0.05, 0) is 53.7 Å². The summed E-state index contributed by atoms with van der Waals surface area (Å²) in [6.07, 6.45) is 2.71. The highest BCUT2D eigenvalue weighted by molar-refractivity contribution is 9.10. The van der Waals surface area contributed by atoms with Gasteiger partial charge in [0.25, 0.3) is 0 Å². The molecule has 4 heteroatoms. The molecule has 1 saturated carbocycles. The first-order valence-electron chi connectivity index (χ1n) is 5.96. The molecule has 0 aromatic heterocycles. The van der Waals surface area contributed by atoms with E-state index in [1.54, 1.807) is 0 Å². The molecule has 1 fully saturated rings. The minimum atomic E-state index is 0.460. The van der Waals surface area contributed by atoms with Gasteiger partial charge in [-0.1, -0.05) is 18.3 Å². The summed E-state index contributed by atoms with van der Waals surface area (Å²) in [6.45, 7) is 4.28. The summed E-state index contributed by atoms with van der Waals surface area (Å²) in [7, 11) is 0. The quantitative estimate of drug-likeness (QED) is 0.846. The minimum absolute atomic E-state index is 0.460. The number of thiocarbonyl (C=S) groups is 1. The lowest BCUT2D eigenvalue weighted by Crippen LogP contribution is -2.28. The van der Waals surface area contributed by atoms with Gasteiger partial charge in [-0.2, -0.15) is 0 Å². The van der Waals surface area contributed by atoms with Gasteiger partial charge in [0, 0.05) is 28.8 Å². The third-order valence-electron chi connectivity index (χ3n) is 3.14. The van der Waals surface area contributed by atoms with Crippen molar-refractivity contribution in [1.29, 1.82) is 0 Å². The second-order valence-corrected chi connectivity index (χ2v) is 5.77. The van der Waals surface area contributed by atoms with E-state index in [0.29, 0.717) is 4.99 Å². The van der Waals surface area contributed by atoms with Crippen LogP contribution >= 0.6 is 28.1 Å². The fourth-order valence-corrected chi connectivity index (χ4v) is 2.95. The number of hydrogen-bond donors (Lipinski definition) is 1. The molecule has 1 aliphatic carbocycles. The molecule has 1 aromatic rings. The average molecular weight is 313 g/mol. The zero-order valence-electron chi connectivity index (χ0n) is 9.95. The van der Waals surface area contributed by atoms with Crippen LogP contribution in [0.15, 0.2) is 22.7 Å². The first-order valence-corrected chi connectivity index (χ1v) is 7.16.